The third-order valence-electron chi connectivity index (χ3n) is 3.76. The molecule has 7 heteroatoms. The normalized spacial score (nSPS) is 18.6. The van der Waals surface area contributed by atoms with E-state index in [0.717, 1.165) is 19.3 Å². The number of rotatable bonds is 4. The van der Waals surface area contributed by atoms with Gasteiger partial charge in [0, 0.05) is 25.3 Å². The zero-order chi connectivity index (χ0) is 15.4. The first-order valence-corrected chi connectivity index (χ1v) is 7.70. The number of hydrogen-bond donors (Lipinski definition) is 1. The van der Waals surface area contributed by atoms with Gasteiger partial charge in [-0.3, -0.25) is 14.9 Å². The van der Waals surface area contributed by atoms with Crippen LogP contribution in [0.4, 0.5) is 5.69 Å². The quantitative estimate of drug-likeness (QED) is 0.663. The van der Waals surface area contributed by atoms with Crippen molar-refractivity contribution in [1.82, 2.24) is 4.90 Å². The van der Waals surface area contributed by atoms with E-state index >= 15 is 0 Å². The summed E-state index contributed by atoms with van der Waals surface area (Å²) in [6.45, 7) is 0.656. The summed E-state index contributed by atoms with van der Waals surface area (Å²) in [6, 6.07) is 4.47. The lowest BCUT2D eigenvalue weighted by Crippen LogP contribution is -2.44. The van der Waals surface area contributed by atoms with Crippen molar-refractivity contribution in [3.05, 3.63) is 38.3 Å². The molecule has 1 atom stereocenters. The molecule has 1 aliphatic rings. The molecule has 0 aliphatic carbocycles. The number of aliphatic hydroxyl groups is 1. The lowest BCUT2D eigenvalue weighted by atomic mass is 9.98. The van der Waals surface area contributed by atoms with Crippen molar-refractivity contribution >= 4 is 27.5 Å². The van der Waals surface area contributed by atoms with Crippen molar-refractivity contribution in [3.63, 3.8) is 0 Å². The van der Waals surface area contributed by atoms with Crippen LogP contribution in [-0.4, -0.2) is 40.0 Å². The van der Waals surface area contributed by atoms with Crippen molar-refractivity contribution in [2.45, 2.75) is 31.7 Å². The molecule has 0 radical (unpaired) electrons. The van der Waals surface area contributed by atoms with Gasteiger partial charge in [-0.05, 0) is 47.7 Å². The van der Waals surface area contributed by atoms with Gasteiger partial charge in [-0.1, -0.05) is 6.07 Å². The first kappa shape index (κ1) is 15.9. The molecule has 1 aromatic rings. The second-order valence-corrected chi connectivity index (χ2v) is 5.85. The highest BCUT2D eigenvalue weighted by Gasteiger charge is 2.29. The summed E-state index contributed by atoms with van der Waals surface area (Å²) in [5.41, 5.74) is 0.186. The van der Waals surface area contributed by atoms with Gasteiger partial charge in [-0.2, -0.15) is 0 Å². The van der Waals surface area contributed by atoms with E-state index < -0.39 is 4.92 Å². The predicted molar refractivity (Wildman–Crippen MR) is 81.2 cm³/mol. The number of nitro groups is 1. The average molecular weight is 357 g/mol. The Kier molecular flexibility index (Phi) is 5.30. The molecule has 0 spiro atoms. The maximum atomic E-state index is 12.7. The van der Waals surface area contributed by atoms with Crippen LogP contribution in [-0.2, 0) is 0 Å². The van der Waals surface area contributed by atoms with E-state index in [0.29, 0.717) is 18.5 Å². The number of nitrogens with zero attached hydrogens (tertiary/aromatic N) is 2. The molecule has 0 bridgehead atoms. The van der Waals surface area contributed by atoms with Crippen molar-refractivity contribution in [2.24, 2.45) is 0 Å². The summed E-state index contributed by atoms with van der Waals surface area (Å²) in [7, 11) is 0. The first-order valence-electron chi connectivity index (χ1n) is 6.91. The van der Waals surface area contributed by atoms with Gasteiger partial charge < -0.3 is 10.0 Å². The van der Waals surface area contributed by atoms with Gasteiger partial charge in [0.2, 0.25) is 0 Å². The lowest BCUT2D eigenvalue weighted by molar-refractivity contribution is -0.385. The van der Waals surface area contributed by atoms with Crippen molar-refractivity contribution in [1.29, 1.82) is 0 Å². The molecule has 1 heterocycles. The fourth-order valence-electron chi connectivity index (χ4n) is 2.70. The SMILES string of the molecule is O=C(c1cccc([N+](=O)[O-])c1Br)N1CCCCC1CCO. The molecule has 2 rings (SSSR count). The van der Waals surface area contributed by atoms with Gasteiger partial charge in [0.1, 0.15) is 4.47 Å². The van der Waals surface area contributed by atoms with E-state index in [-0.39, 0.29) is 28.7 Å². The number of carbonyl (C=O) groups is 1. The van der Waals surface area contributed by atoms with E-state index in [2.05, 4.69) is 15.9 Å². The second kappa shape index (κ2) is 7.00. The number of hydrogen-bond acceptors (Lipinski definition) is 4. The number of piperidine rings is 1. The first-order chi connectivity index (χ1) is 10.1. The number of benzene rings is 1. The fourth-order valence-corrected chi connectivity index (χ4v) is 3.28. The third-order valence-corrected chi connectivity index (χ3v) is 4.59. The Hall–Kier alpha value is -1.47. The molecule has 21 heavy (non-hydrogen) atoms. The number of carbonyl (C=O) groups excluding carboxylic acids is 1. The number of likely N-dealkylation sites (tertiary alicyclic amines) is 1. The molecule has 1 amide bonds. The molecule has 0 aromatic heterocycles. The summed E-state index contributed by atoms with van der Waals surface area (Å²) >= 11 is 3.17. The highest BCUT2D eigenvalue weighted by molar-refractivity contribution is 9.10. The summed E-state index contributed by atoms with van der Waals surface area (Å²) in [5.74, 6) is -0.219. The van der Waals surface area contributed by atoms with Crippen molar-refractivity contribution in [2.75, 3.05) is 13.2 Å². The Morgan fingerprint density at radius 1 is 1.48 bits per heavy atom. The third kappa shape index (κ3) is 3.41. The molecule has 1 unspecified atom stereocenters. The maximum absolute atomic E-state index is 12.7. The van der Waals surface area contributed by atoms with Crippen molar-refractivity contribution in [3.8, 4) is 0 Å². The zero-order valence-corrected chi connectivity index (χ0v) is 13.1. The number of halogens is 1. The van der Waals surface area contributed by atoms with Crippen LogP contribution in [0.5, 0.6) is 0 Å². The standard InChI is InChI=1S/C14H17BrN2O4/c15-13-11(5-3-6-12(13)17(20)21)14(19)16-8-2-1-4-10(16)7-9-18/h3,5-6,10,18H,1-2,4,7-9H2. The molecule has 0 saturated carbocycles. The molecular formula is C14H17BrN2O4. The highest BCUT2D eigenvalue weighted by Crippen LogP contribution is 2.31. The van der Waals surface area contributed by atoms with E-state index in [4.69, 9.17) is 5.11 Å². The molecule has 1 aliphatic heterocycles. The van der Waals surface area contributed by atoms with Crippen LogP contribution in [0.15, 0.2) is 22.7 Å². The topological polar surface area (TPSA) is 83.7 Å². The molecule has 1 saturated heterocycles. The Morgan fingerprint density at radius 3 is 2.90 bits per heavy atom. The summed E-state index contributed by atoms with van der Waals surface area (Å²) < 4.78 is 0.216. The van der Waals surface area contributed by atoms with Gasteiger partial charge in [0.15, 0.2) is 0 Å². The van der Waals surface area contributed by atoms with E-state index in [1.165, 1.54) is 12.1 Å². The molecule has 1 N–H and O–H groups in total. The molecule has 6 nitrogen and oxygen atoms in total. The smallest absolute Gasteiger partial charge is 0.284 e. The predicted octanol–water partition coefficient (Wildman–Crippen LogP) is 2.73. The summed E-state index contributed by atoms with van der Waals surface area (Å²) in [6.07, 6.45) is 3.35. The van der Waals surface area contributed by atoms with Crippen molar-refractivity contribution < 1.29 is 14.8 Å². The Labute approximate surface area is 131 Å². The van der Waals surface area contributed by atoms with Crippen LogP contribution >= 0.6 is 15.9 Å². The van der Waals surface area contributed by atoms with Gasteiger partial charge in [-0.25, -0.2) is 0 Å². The maximum Gasteiger partial charge on any atom is 0.284 e. The van der Waals surface area contributed by atoms with Gasteiger partial charge in [0.05, 0.1) is 10.5 Å². The Morgan fingerprint density at radius 2 is 2.24 bits per heavy atom. The van der Waals surface area contributed by atoms with E-state index in [1.54, 1.807) is 11.0 Å². The molecule has 1 fully saturated rings. The van der Waals surface area contributed by atoms with E-state index in [1.807, 2.05) is 0 Å². The van der Waals surface area contributed by atoms with Crippen LogP contribution in [0.1, 0.15) is 36.0 Å². The molecular weight excluding hydrogens is 340 g/mol. The van der Waals surface area contributed by atoms with Gasteiger partial charge >= 0.3 is 0 Å². The van der Waals surface area contributed by atoms with E-state index in [9.17, 15) is 14.9 Å². The Bertz CT molecular complexity index is 548. The van der Waals surface area contributed by atoms with Crippen LogP contribution in [0, 0.1) is 10.1 Å². The number of aliphatic hydroxyl groups excluding tert-OH is 1. The van der Waals surface area contributed by atoms with Crippen LogP contribution in [0.25, 0.3) is 0 Å². The zero-order valence-electron chi connectivity index (χ0n) is 11.5. The number of nitro benzene ring substituents is 1. The fraction of sp³-hybridized carbons (Fsp3) is 0.500. The largest absolute Gasteiger partial charge is 0.396 e. The second-order valence-electron chi connectivity index (χ2n) is 5.06. The van der Waals surface area contributed by atoms with Crippen LogP contribution in [0.2, 0.25) is 0 Å². The Balaban J connectivity index is 2.30. The monoisotopic (exact) mass is 356 g/mol. The van der Waals surface area contributed by atoms with Gasteiger partial charge in [-0.15, -0.1) is 0 Å². The average Bonchev–Trinajstić information content (AvgIpc) is 2.47. The highest BCUT2D eigenvalue weighted by atomic mass is 79.9. The summed E-state index contributed by atoms with van der Waals surface area (Å²) in [4.78, 5) is 24.8. The summed E-state index contributed by atoms with van der Waals surface area (Å²) in [5, 5.41) is 20.1. The lowest BCUT2D eigenvalue weighted by Gasteiger charge is -2.35. The van der Waals surface area contributed by atoms with Gasteiger partial charge in [0.25, 0.3) is 11.6 Å². The minimum absolute atomic E-state index is 0.00223. The minimum atomic E-state index is -0.512. The van der Waals surface area contributed by atoms with Crippen LogP contribution < -0.4 is 0 Å². The number of amides is 1. The molecule has 1 aromatic carbocycles. The van der Waals surface area contributed by atoms with Crippen LogP contribution in [0.3, 0.4) is 0 Å². The minimum Gasteiger partial charge on any atom is -0.396 e. The molecule has 114 valence electrons.